The van der Waals surface area contributed by atoms with Crippen molar-refractivity contribution in [2.75, 3.05) is 0 Å². The number of thiophene rings is 1. The Kier molecular flexibility index (Phi) is 4.49. The first-order chi connectivity index (χ1) is 13.0. The molecule has 0 fully saturated rings. The molecule has 0 amide bonds. The molecule has 4 aromatic rings. The van der Waals surface area contributed by atoms with E-state index in [4.69, 9.17) is 9.40 Å². The summed E-state index contributed by atoms with van der Waals surface area (Å²) in [6, 6.07) is 11.5. The molecule has 6 heteroatoms. The van der Waals surface area contributed by atoms with E-state index in [1.807, 2.05) is 42.6 Å². The van der Waals surface area contributed by atoms with Crippen LogP contribution in [0.25, 0.3) is 32.9 Å². The molecule has 0 aliphatic rings. The number of benzene rings is 1. The van der Waals surface area contributed by atoms with Crippen molar-refractivity contribution < 1.29 is 9.21 Å². The number of hydrogen-bond donors (Lipinski definition) is 0. The summed E-state index contributed by atoms with van der Waals surface area (Å²) in [7, 11) is 0. The number of carbonyl (C=O) groups is 1. The van der Waals surface area contributed by atoms with Gasteiger partial charge in [-0.05, 0) is 26.0 Å². The van der Waals surface area contributed by atoms with Crippen LogP contribution in [0, 0.1) is 6.92 Å². The van der Waals surface area contributed by atoms with Gasteiger partial charge in [0.15, 0.2) is 0 Å². The molecule has 0 spiro atoms. The van der Waals surface area contributed by atoms with Crippen LogP contribution in [0.15, 0.2) is 57.3 Å². The smallest absolute Gasteiger partial charge is 0.263 e. The Morgan fingerprint density at radius 2 is 2.00 bits per heavy atom. The molecule has 0 atom stereocenters. The highest BCUT2D eigenvalue weighted by Gasteiger charge is 2.19. The van der Waals surface area contributed by atoms with Crippen molar-refractivity contribution in [3.63, 3.8) is 0 Å². The highest BCUT2D eigenvalue weighted by Crippen LogP contribution is 2.32. The van der Waals surface area contributed by atoms with Gasteiger partial charge in [0.2, 0.25) is 0 Å². The van der Waals surface area contributed by atoms with Gasteiger partial charge in [-0.2, -0.15) is 0 Å². The van der Waals surface area contributed by atoms with Crippen LogP contribution < -0.4 is 5.56 Å². The van der Waals surface area contributed by atoms with Crippen molar-refractivity contribution in [2.24, 2.45) is 0 Å². The van der Waals surface area contributed by atoms with Crippen LogP contribution in [0.2, 0.25) is 0 Å². The van der Waals surface area contributed by atoms with E-state index in [0.717, 1.165) is 16.7 Å². The fraction of sp³-hybridized carbons (Fsp3) is 0.190. The summed E-state index contributed by atoms with van der Waals surface area (Å²) in [5.41, 5.74) is 2.58. The SMILES string of the molecule is CC(=O)CCn1c(-c2ccc(C)cc2)nc2scc(-c3ccco3)c2c1=O. The quantitative estimate of drug-likeness (QED) is 0.506. The van der Waals surface area contributed by atoms with E-state index >= 15 is 0 Å². The number of aromatic nitrogens is 2. The number of furan rings is 1. The van der Waals surface area contributed by atoms with Gasteiger partial charge >= 0.3 is 0 Å². The molecule has 0 unspecified atom stereocenters. The van der Waals surface area contributed by atoms with E-state index in [1.54, 1.807) is 16.9 Å². The summed E-state index contributed by atoms with van der Waals surface area (Å²) in [4.78, 5) is 30.3. The third kappa shape index (κ3) is 3.24. The van der Waals surface area contributed by atoms with Gasteiger partial charge in [0.1, 0.15) is 22.2 Å². The lowest BCUT2D eigenvalue weighted by molar-refractivity contribution is -0.117. The van der Waals surface area contributed by atoms with Gasteiger partial charge in [-0.25, -0.2) is 4.98 Å². The second kappa shape index (κ2) is 6.96. The van der Waals surface area contributed by atoms with E-state index in [-0.39, 0.29) is 17.8 Å². The van der Waals surface area contributed by atoms with E-state index in [1.165, 1.54) is 18.3 Å². The van der Waals surface area contributed by atoms with Gasteiger partial charge in [0, 0.05) is 29.5 Å². The van der Waals surface area contributed by atoms with Crippen molar-refractivity contribution in [2.45, 2.75) is 26.8 Å². The predicted molar refractivity (Wildman–Crippen MR) is 107 cm³/mol. The predicted octanol–water partition coefficient (Wildman–Crippen LogP) is 4.67. The molecule has 0 aliphatic heterocycles. The highest BCUT2D eigenvalue weighted by molar-refractivity contribution is 7.17. The minimum atomic E-state index is -0.149. The van der Waals surface area contributed by atoms with Crippen molar-refractivity contribution in [3.05, 3.63) is 64.0 Å². The molecule has 0 saturated carbocycles. The van der Waals surface area contributed by atoms with E-state index in [0.29, 0.717) is 28.3 Å². The molecule has 3 heterocycles. The molecule has 0 N–H and O–H groups in total. The van der Waals surface area contributed by atoms with Crippen LogP contribution in [-0.4, -0.2) is 15.3 Å². The van der Waals surface area contributed by atoms with Crippen molar-refractivity contribution >= 4 is 27.3 Å². The summed E-state index contributed by atoms with van der Waals surface area (Å²) in [5.74, 6) is 1.26. The molecule has 136 valence electrons. The van der Waals surface area contributed by atoms with Crippen LogP contribution in [0.4, 0.5) is 0 Å². The molecule has 4 rings (SSSR count). The lowest BCUT2D eigenvalue weighted by Gasteiger charge is -2.12. The fourth-order valence-electron chi connectivity index (χ4n) is 3.04. The number of carbonyl (C=O) groups excluding carboxylic acids is 1. The number of hydrogen-bond acceptors (Lipinski definition) is 5. The number of aryl methyl sites for hydroxylation is 1. The summed E-state index contributed by atoms with van der Waals surface area (Å²) < 4.78 is 7.09. The zero-order valence-electron chi connectivity index (χ0n) is 15.1. The second-order valence-corrected chi connectivity index (χ2v) is 7.38. The lowest BCUT2D eigenvalue weighted by Crippen LogP contribution is -2.24. The molecule has 1 aromatic carbocycles. The van der Waals surface area contributed by atoms with Crippen molar-refractivity contribution in [1.82, 2.24) is 9.55 Å². The first-order valence-electron chi connectivity index (χ1n) is 8.67. The zero-order valence-corrected chi connectivity index (χ0v) is 15.9. The van der Waals surface area contributed by atoms with Crippen LogP contribution in [0.5, 0.6) is 0 Å². The third-order valence-corrected chi connectivity index (χ3v) is 5.35. The Morgan fingerprint density at radius 1 is 1.22 bits per heavy atom. The monoisotopic (exact) mass is 378 g/mol. The summed E-state index contributed by atoms with van der Waals surface area (Å²) in [5, 5.41) is 2.43. The molecule has 0 aliphatic carbocycles. The molecule has 3 aromatic heterocycles. The standard InChI is InChI=1S/C21H18N2O3S/c1-13-5-7-15(8-6-13)19-22-20-18(21(25)23(19)10-9-14(2)24)16(12-27-20)17-4-3-11-26-17/h3-8,11-12H,9-10H2,1-2H3. The lowest BCUT2D eigenvalue weighted by atomic mass is 10.1. The maximum atomic E-state index is 13.4. The molecular weight excluding hydrogens is 360 g/mol. The number of ketones is 1. The molecule has 5 nitrogen and oxygen atoms in total. The van der Waals surface area contributed by atoms with Gasteiger partial charge in [-0.15, -0.1) is 11.3 Å². The number of Topliss-reactive ketones (excluding diaryl/α,β-unsaturated/α-hetero) is 1. The molecule has 0 saturated heterocycles. The van der Waals surface area contributed by atoms with Gasteiger partial charge in [-0.1, -0.05) is 29.8 Å². The van der Waals surface area contributed by atoms with Gasteiger partial charge in [0.05, 0.1) is 11.6 Å². The fourth-order valence-corrected chi connectivity index (χ4v) is 3.95. The van der Waals surface area contributed by atoms with E-state index in [9.17, 15) is 9.59 Å². The van der Waals surface area contributed by atoms with Gasteiger partial charge in [-0.3, -0.25) is 14.2 Å². The summed E-state index contributed by atoms with van der Waals surface area (Å²) in [6.07, 6.45) is 1.87. The van der Waals surface area contributed by atoms with Crippen LogP contribution >= 0.6 is 11.3 Å². The topological polar surface area (TPSA) is 65.1 Å². The minimum absolute atomic E-state index is 0.0356. The Balaban J connectivity index is 1.97. The zero-order chi connectivity index (χ0) is 19.0. The van der Waals surface area contributed by atoms with Crippen LogP contribution in [0.3, 0.4) is 0 Å². The van der Waals surface area contributed by atoms with Gasteiger partial charge in [0.25, 0.3) is 5.56 Å². The maximum Gasteiger partial charge on any atom is 0.263 e. The van der Waals surface area contributed by atoms with E-state index < -0.39 is 0 Å². The highest BCUT2D eigenvalue weighted by atomic mass is 32.1. The largest absolute Gasteiger partial charge is 0.464 e. The Hall–Kier alpha value is -2.99. The third-order valence-electron chi connectivity index (χ3n) is 4.48. The Bertz CT molecular complexity index is 1170. The first kappa shape index (κ1) is 17.4. The van der Waals surface area contributed by atoms with Crippen LogP contribution in [0.1, 0.15) is 18.9 Å². The first-order valence-corrected chi connectivity index (χ1v) is 9.55. The minimum Gasteiger partial charge on any atom is -0.464 e. The number of nitrogens with zero attached hydrogens (tertiary/aromatic N) is 2. The van der Waals surface area contributed by atoms with Crippen molar-refractivity contribution in [1.29, 1.82) is 0 Å². The molecular formula is C21H18N2O3S. The molecule has 27 heavy (non-hydrogen) atoms. The Morgan fingerprint density at radius 3 is 2.67 bits per heavy atom. The summed E-state index contributed by atoms with van der Waals surface area (Å²) >= 11 is 1.42. The Labute approximate surface area is 159 Å². The number of rotatable bonds is 5. The molecule has 0 bridgehead atoms. The van der Waals surface area contributed by atoms with Crippen molar-refractivity contribution in [3.8, 4) is 22.7 Å². The average Bonchev–Trinajstić information content (AvgIpc) is 3.30. The summed E-state index contributed by atoms with van der Waals surface area (Å²) in [6.45, 7) is 3.84. The maximum absolute atomic E-state index is 13.4. The average molecular weight is 378 g/mol. The van der Waals surface area contributed by atoms with E-state index in [2.05, 4.69) is 0 Å². The normalized spacial score (nSPS) is 11.2. The number of fused-ring (bicyclic) bond motifs is 1. The molecule has 0 radical (unpaired) electrons. The van der Waals surface area contributed by atoms with Crippen LogP contribution in [-0.2, 0) is 11.3 Å². The second-order valence-electron chi connectivity index (χ2n) is 6.52. The van der Waals surface area contributed by atoms with Gasteiger partial charge < -0.3 is 4.42 Å².